The molecule has 1 aromatic carbocycles. The Morgan fingerprint density at radius 2 is 1.73 bits per heavy atom. The summed E-state index contributed by atoms with van der Waals surface area (Å²) in [6.07, 6.45) is 1.89. The summed E-state index contributed by atoms with van der Waals surface area (Å²) in [6, 6.07) is 5.78. The second-order valence-electron chi connectivity index (χ2n) is 6.81. The zero-order valence-corrected chi connectivity index (χ0v) is 14.0. The molecule has 1 aliphatic rings. The van der Waals surface area contributed by atoms with E-state index in [9.17, 15) is 10.2 Å². The molecule has 0 spiro atoms. The fourth-order valence-electron chi connectivity index (χ4n) is 2.38. The van der Waals surface area contributed by atoms with Crippen molar-refractivity contribution in [2.45, 2.75) is 52.4 Å². The van der Waals surface area contributed by atoms with E-state index in [1.165, 1.54) is 0 Å². The van der Waals surface area contributed by atoms with Gasteiger partial charge in [-0.2, -0.15) is 0 Å². The number of aliphatic hydroxyl groups is 2. The van der Waals surface area contributed by atoms with Gasteiger partial charge in [0.15, 0.2) is 0 Å². The number of hydrogen-bond acceptors (Lipinski definition) is 4. The maximum Gasteiger partial charge on any atom is 0.492 e. The standard InChI is InChI=1S/C17H25BO4/c1-12-8-13(6-7-14(12)10-19)9-15(11-20)18-21-16(2,3)17(4,5)22-18/h6-9,19-20H,10-11H2,1-5H3. The topological polar surface area (TPSA) is 58.9 Å². The zero-order valence-electron chi connectivity index (χ0n) is 14.0. The molecule has 1 aliphatic heterocycles. The van der Waals surface area contributed by atoms with Gasteiger partial charge in [0.2, 0.25) is 0 Å². The number of benzene rings is 1. The van der Waals surface area contributed by atoms with Crippen LogP contribution < -0.4 is 0 Å². The summed E-state index contributed by atoms with van der Waals surface area (Å²) in [5.74, 6) is 0. The highest BCUT2D eigenvalue weighted by Gasteiger charge is 2.52. The third-order valence-corrected chi connectivity index (χ3v) is 4.63. The molecule has 2 rings (SSSR count). The molecule has 5 heteroatoms. The van der Waals surface area contributed by atoms with Gasteiger partial charge < -0.3 is 19.5 Å². The Balaban J connectivity index is 2.27. The summed E-state index contributed by atoms with van der Waals surface area (Å²) >= 11 is 0. The molecule has 0 amide bonds. The third-order valence-electron chi connectivity index (χ3n) is 4.63. The first-order valence-electron chi connectivity index (χ1n) is 7.57. The second-order valence-corrected chi connectivity index (χ2v) is 6.81. The van der Waals surface area contributed by atoms with E-state index in [2.05, 4.69) is 0 Å². The predicted molar refractivity (Wildman–Crippen MR) is 88.2 cm³/mol. The van der Waals surface area contributed by atoms with Crippen LogP contribution in [0.15, 0.2) is 23.7 Å². The Kier molecular flexibility index (Phi) is 4.83. The van der Waals surface area contributed by atoms with Crippen molar-refractivity contribution in [3.8, 4) is 0 Å². The van der Waals surface area contributed by atoms with Crippen LogP contribution in [0.3, 0.4) is 0 Å². The van der Waals surface area contributed by atoms with E-state index in [4.69, 9.17) is 9.31 Å². The van der Waals surface area contributed by atoms with Crippen LogP contribution in [0.2, 0.25) is 0 Å². The quantitative estimate of drug-likeness (QED) is 0.839. The van der Waals surface area contributed by atoms with E-state index in [1.807, 2.05) is 58.9 Å². The molecular formula is C17H25BO4. The number of aliphatic hydroxyl groups excluding tert-OH is 2. The van der Waals surface area contributed by atoms with Crippen LogP contribution >= 0.6 is 0 Å². The van der Waals surface area contributed by atoms with Crippen molar-refractivity contribution >= 4 is 13.2 Å². The molecule has 0 saturated carbocycles. The monoisotopic (exact) mass is 304 g/mol. The molecule has 1 fully saturated rings. The molecule has 0 unspecified atom stereocenters. The summed E-state index contributed by atoms with van der Waals surface area (Å²) in [5.41, 5.74) is 2.70. The minimum Gasteiger partial charge on any atom is -0.400 e. The van der Waals surface area contributed by atoms with Gasteiger partial charge in [-0.3, -0.25) is 0 Å². The highest BCUT2D eigenvalue weighted by atomic mass is 16.7. The summed E-state index contributed by atoms with van der Waals surface area (Å²) in [6.45, 7) is 9.81. The van der Waals surface area contributed by atoms with E-state index in [0.717, 1.165) is 16.7 Å². The van der Waals surface area contributed by atoms with Gasteiger partial charge in [-0.15, -0.1) is 0 Å². The lowest BCUT2D eigenvalue weighted by atomic mass is 9.77. The van der Waals surface area contributed by atoms with Crippen molar-refractivity contribution < 1.29 is 19.5 Å². The van der Waals surface area contributed by atoms with E-state index in [1.54, 1.807) is 0 Å². The van der Waals surface area contributed by atoms with Crippen LogP contribution in [0.4, 0.5) is 0 Å². The molecule has 120 valence electrons. The largest absolute Gasteiger partial charge is 0.492 e. The minimum absolute atomic E-state index is 0.0277. The van der Waals surface area contributed by atoms with Crippen molar-refractivity contribution in [2.24, 2.45) is 0 Å². The van der Waals surface area contributed by atoms with E-state index in [0.29, 0.717) is 5.47 Å². The van der Waals surface area contributed by atoms with Gasteiger partial charge in [-0.05, 0) is 56.8 Å². The van der Waals surface area contributed by atoms with Gasteiger partial charge in [0.25, 0.3) is 0 Å². The maximum absolute atomic E-state index is 9.69. The molecule has 0 aromatic heterocycles. The van der Waals surface area contributed by atoms with Gasteiger partial charge in [0.05, 0.1) is 24.4 Å². The van der Waals surface area contributed by atoms with Crippen molar-refractivity contribution in [3.63, 3.8) is 0 Å². The van der Waals surface area contributed by atoms with Gasteiger partial charge in [0, 0.05) is 0 Å². The van der Waals surface area contributed by atoms with Crippen LogP contribution in [0.1, 0.15) is 44.4 Å². The molecule has 0 radical (unpaired) electrons. The van der Waals surface area contributed by atoms with Crippen LogP contribution in [0.5, 0.6) is 0 Å². The van der Waals surface area contributed by atoms with Gasteiger partial charge in [-0.1, -0.05) is 24.3 Å². The zero-order chi connectivity index (χ0) is 16.5. The first-order valence-corrected chi connectivity index (χ1v) is 7.57. The normalized spacial score (nSPS) is 20.5. The molecule has 0 aliphatic carbocycles. The first-order chi connectivity index (χ1) is 10.2. The first kappa shape index (κ1) is 17.2. The minimum atomic E-state index is -0.548. The van der Waals surface area contributed by atoms with E-state index < -0.39 is 18.3 Å². The molecule has 1 aromatic rings. The molecule has 0 atom stereocenters. The van der Waals surface area contributed by atoms with Crippen LogP contribution in [0, 0.1) is 6.92 Å². The van der Waals surface area contributed by atoms with Gasteiger partial charge in [-0.25, -0.2) is 0 Å². The van der Waals surface area contributed by atoms with Crippen molar-refractivity contribution in [1.29, 1.82) is 0 Å². The molecule has 22 heavy (non-hydrogen) atoms. The predicted octanol–water partition coefficient (Wildman–Crippen LogP) is 2.49. The molecule has 4 nitrogen and oxygen atoms in total. The summed E-state index contributed by atoms with van der Waals surface area (Å²) in [5, 5.41) is 18.9. The van der Waals surface area contributed by atoms with Crippen molar-refractivity contribution in [3.05, 3.63) is 40.4 Å². The lowest BCUT2D eigenvalue weighted by Crippen LogP contribution is -2.41. The number of hydrogen-bond donors (Lipinski definition) is 2. The second kappa shape index (κ2) is 6.16. The Labute approximate surface area is 132 Å². The highest BCUT2D eigenvalue weighted by molar-refractivity contribution is 6.55. The van der Waals surface area contributed by atoms with Crippen molar-refractivity contribution in [1.82, 2.24) is 0 Å². The maximum atomic E-state index is 9.69. The number of rotatable bonds is 4. The molecular weight excluding hydrogens is 279 g/mol. The molecule has 1 heterocycles. The fraction of sp³-hybridized carbons (Fsp3) is 0.529. The molecule has 2 N–H and O–H groups in total. The Hall–Kier alpha value is -1.14. The fourth-order valence-corrected chi connectivity index (χ4v) is 2.38. The molecule has 1 saturated heterocycles. The smallest absolute Gasteiger partial charge is 0.400 e. The molecule has 0 bridgehead atoms. The van der Waals surface area contributed by atoms with Crippen LogP contribution in [-0.4, -0.2) is 35.1 Å². The summed E-state index contributed by atoms with van der Waals surface area (Å²) in [4.78, 5) is 0. The summed E-state index contributed by atoms with van der Waals surface area (Å²) in [7, 11) is -0.548. The van der Waals surface area contributed by atoms with Gasteiger partial charge in [0.1, 0.15) is 0 Å². The average Bonchev–Trinajstić information content (AvgIpc) is 2.65. The van der Waals surface area contributed by atoms with Crippen LogP contribution in [-0.2, 0) is 15.9 Å². The Morgan fingerprint density at radius 3 is 2.18 bits per heavy atom. The lowest BCUT2D eigenvalue weighted by molar-refractivity contribution is 0.00578. The highest BCUT2D eigenvalue weighted by Crippen LogP contribution is 2.38. The SMILES string of the molecule is Cc1cc(C=C(CO)B2OC(C)(C)C(C)(C)O2)ccc1CO. The van der Waals surface area contributed by atoms with Gasteiger partial charge >= 0.3 is 7.12 Å². The Morgan fingerprint density at radius 1 is 1.14 bits per heavy atom. The van der Waals surface area contributed by atoms with E-state index in [-0.39, 0.29) is 13.2 Å². The summed E-state index contributed by atoms with van der Waals surface area (Å²) < 4.78 is 11.9. The van der Waals surface area contributed by atoms with Crippen LogP contribution in [0.25, 0.3) is 6.08 Å². The number of aryl methyl sites for hydroxylation is 1. The van der Waals surface area contributed by atoms with Crippen molar-refractivity contribution in [2.75, 3.05) is 6.61 Å². The lowest BCUT2D eigenvalue weighted by Gasteiger charge is -2.32. The van der Waals surface area contributed by atoms with E-state index >= 15 is 0 Å². The average molecular weight is 304 g/mol. The Bertz CT molecular complexity index is 562. The third kappa shape index (κ3) is 3.28.